The van der Waals surface area contributed by atoms with Crippen LogP contribution >= 0.6 is 0 Å². The molecule has 0 aliphatic carbocycles. The van der Waals surface area contributed by atoms with Gasteiger partial charge in [-0.25, -0.2) is 18.1 Å². The van der Waals surface area contributed by atoms with Gasteiger partial charge < -0.3 is 4.90 Å². The topological polar surface area (TPSA) is 85.2 Å². The Balaban J connectivity index is 1.71. The van der Waals surface area contributed by atoms with Crippen LogP contribution in [0.2, 0.25) is 0 Å². The van der Waals surface area contributed by atoms with Gasteiger partial charge in [-0.2, -0.15) is 5.10 Å². The molecule has 4 rings (SSSR count). The SMILES string of the molecule is CN(C(=O)c1ccc(-n2cccn2)c(C#Cc2ccccn2)c1)[C@@]1(C)CCS(=O)(=O)C1. The van der Waals surface area contributed by atoms with Crippen LogP contribution in [0.3, 0.4) is 0 Å². The van der Waals surface area contributed by atoms with Crippen molar-refractivity contribution in [1.82, 2.24) is 19.7 Å². The van der Waals surface area contributed by atoms with Gasteiger partial charge in [0.2, 0.25) is 0 Å². The summed E-state index contributed by atoms with van der Waals surface area (Å²) < 4.78 is 25.7. The maximum Gasteiger partial charge on any atom is 0.254 e. The number of hydrogen-bond donors (Lipinski definition) is 0. The predicted molar refractivity (Wildman–Crippen MR) is 118 cm³/mol. The molecule has 0 bridgehead atoms. The number of carbonyl (C=O) groups excluding carboxylic acids is 1. The molecule has 1 aliphatic heterocycles. The Morgan fingerprint density at radius 1 is 1.16 bits per heavy atom. The molecule has 3 aromatic rings. The fourth-order valence-electron chi connectivity index (χ4n) is 3.65. The van der Waals surface area contributed by atoms with E-state index in [1.165, 1.54) is 4.90 Å². The number of hydrogen-bond acceptors (Lipinski definition) is 5. The highest BCUT2D eigenvalue weighted by Gasteiger charge is 2.43. The quantitative estimate of drug-likeness (QED) is 0.591. The molecule has 0 N–H and O–H groups in total. The third-order valence-corrected chi connectivity index (χ3v) is 7.47. The molecule has 1 aliphatic rings. The molecule has 0 spiro atoms. The Morgan fingerprint density at radius 3 is 2.65 bits per heavy atom. The second-order valence-corrected chi connectivity index (χ2v) is 10.0. The lowest BCUT2D eigenvalue weighted by Gasteiger charge is -2.34. The van der Waals surface area contributed by atoms with Gasteiger partial charge in [-0.1, -0.05) is 12.0 Å². The number of nitrogens with zero attached hydrogens (tertiary/aromatic N) is 4. The van der Waals surface area contributed by atoms with Gasteiger partial charge in [-0.3, -0.25) is 4.79 Å². The van der Waals surface area contributed by atoms with E-state index in [4.69, 9.17) is 0 Å². The van der Waals surface area contributed by atoms with E-state index in [1.807, 2.05) is 31.2 Å². The third-order valence-electron chi connectivity index (χ3n) is 5.58. The molecule has 2 aromatic heterocycles. The van der Waals surface area contributed by atoms with Crippen LogP contribution in [0, 0.1) is 11.8 Å². The van der Waals surface area contributed by atoms with Crippen LogP contribution in [0.25, 0.3) is 5.69 Å². The molecule has 1 saturated heterocycles. The Bertz CT molecular complexity index is 1280. The average Bonchev–Trinajstić information content (AvgIpc) is 3.40. The minimum atomic E-state index is -3.13. The lowest BCUT2D eigenvalue weighted by atomic mass is 9.98. The van der Waals surface area contributed by atoms with Crippen molar-refractivity contribution in [2.45, 2.75) is 18.9 Å². The van der Waals surface area contributed by atoms with Crippen molar-refractivity contribution in [3.8, 4) is 17.5 Å². The molecule has 1 fully saturated rings. The number of aromatic nitrogens is 3. The van der Waals surface area contributed by atoms with Gasteiger partial charge in [0, 0.05) is 31.2 Å². The maximum atomic E-state index is 13.2. The van der Waals surface area contributed by atoms with Gasteiger partial charge in [0.1, 0.15) is 5.69 Å². The highest BCUT2D eigenvalue weighted by Crippen LogP contribution is 2.30. The standard InChI is InChI=1S/C23H22N4O3S/c1-23(11-15-31(29,30)17-23)26(2)22(28)19-8-10-21(27-14-5-13-25-27)18(16-19)7-9-20-6-3-4-12-24-20/h3-6,8,10,12-14,16H,11,15,17H2,1-2H3/t23-/m0/s1. The van der Waals surface area contributed by atoms with Gasteiger partial charge in [-0.15, -0.1) is 0 Å². The molecule has 0 unspecified atom stereocenters. The summed E-state index contributed by atoms with van der Waals surface area (Å²) >= 11 is 0. The van der Waals surface area contributed by atoms with Crippen LogP contribution in [0.5, 0.6) is 0 Å². The minimum absolute atomic E-state index is 0.0278. The highest BCUT2D eigenvalue weighted by atomic mass is 32.2. The van der Waals surface area contributed by atoms with Gasteiger partial charge in [0.15, 0.2) is 9.84 Å². The van der Waals surface area contributed by atoms with Crippen molar-refractivity contribution in [2.75, 3.05) is 18.6 Å². The first-order valence-corrected chi connectivity index (χ1v) is 11.7. The van der Waals surface area contributed by atoms with Crippen LogP contribution in [-0.4, -0.2) is 58.1 Å². The summed E-state index contributed by atoms with van der Waals surface area (Å²) in [4.78, 5) is 19.0. The zero-order valence-electron chi connectivity index (χ0n) is 17.3. The van der Waals surface area contributed by atoms with E-state index >= 15 is 0 Å². The zero-order valence-corrected chi connectivity index (χ0v) is 18.1. The van der Waals surface area contributed by atoms with Crippen molar-refractivity contribution in [3.63, 3.8) is 0 Å². The minimum Gasteiger partial charge on any atom is -0.335 e. The van der Waals surface area contributed by atoms with Gasteiger partial charge in [0.25, 0.3) is 5.91 Å². The molecule has 0 saturated carbocycles. The summed E-state index contributed by atoms with van der Waals surface area (Å²) in [7, 11) is -1.48. The first-order valence-electron chi connectivity index (χ1n) is 9.83. The Labute approximate surface area is 181 Å². The molecule has 8 heteroatoms. The van der Waals surface area contributed by atoms with Gasteiger partial charge in [-0.05, 0) is 55.7 Å². The average molecular weight is 435 g/mol. The number of sulfone groups is 1. The van der Waals surface area contributed by atoms with E-state index in [0.717, 1.165) is 5.69 Å². The van der Waals surface area contributed by atoms with Gasteiger partial charge in [0.05, 0.1) is 28.3 Å². The summed E-state index contributed by atoms with van der Waals surface area (Å²) in [5, 5.41) is 4.27. The summed E-state index contributed by atoms with van der Waals surface area (Å²) in [5.41, 5.74) is 1.69. The summed E-state index contributed by atoms with van der Waals surface area (Å²) in [6.07, 6.45) is 5.57. The summed E-state index contributed by atoms with van der Waals surface area (Å²) in [6, 6.07) is 12.5. The van der Waals surface area contributed by atoms with Crippen LogP contribution in [0.15, 0.2) is 61.1 Å². The lowest BCUT2D eigenvalue weighted by Crippen LogP contribution is -2.48. The number of pyridine rings is 1. The molecule has 31 heavy (non-hydrogen) atoms. The van der Waals surface area contributed by atoms with Crippen LogP contribution in [0.1, 0.15) is 35.0 Å². The predicted octanol–water partition coefficient (Wildman–Crippen LogP) is 2.32. The molecule has 7 nitrogen and oxygen atoms in total. The number of amides is 1. The Morgan fingerprint density at radius 2 is 2.00 bits per heavy atom. The molecule has 1 atom stereocenters. The van der Waals surface area contributed by atoms with Crippen LogP contribution < -0.4 is 0 Å². The second-order valence-electron chi connectivity index (χ2n) is 7.85. The molecule has 3 heterocycles. The molecule has 0 radical (unpaired) electrons. The largest absolute Gasteiger partial charge is 0.335 e. The first-order chi connectivity index (χ1) is 14.8. The summed E-state index contributed by atoms with van der Waals surface area (Å²) in [5.74, 6) is 5.96. The normalized spacial score (nSPS) is 19.4. The van der Waals surface area contributed by atoms with E-state index in [-0.39, 0.29) is 17.4 Å². The molecular formula is C23H22N4O3S. The Kier molecular flexibility index (Phi) is 5.38. The van der Waals surface area contributed by atoms with Crippen molar-refractivity contribution >= 4 is 15.7 Å². The number of carbonyl (C=O) groups is 1. The van der Waals surface area contributed by atoms with Gasteiger partial charge >= 0.3 is 0 Å². The van der Waals surface area contributed by atoms with Crippen molar-refractivity contribution in [1.29, 1.82) is 0 Å². The third kappa shape index (κ3) is 4.37. The molecule has 1 amide bonds. The fourth-order valence-corrected chi connectivity index (χ4v) is 5.83. The molecule has 158 valence electrons. The van der Waals surface area contributed by atoms with Crippen molar-refractivity contribution < 1.29 is 13.2 Å². The van der Waals surface area contributed by atoms with E-state index in [0.29, 0.717) is 23.2 Å². The second kappa shape index (κ2) is 8.00. The Hall–Kier alpha value is -3.44. The zero-order chi connectivity index (χ0) is 22.1. The van der Waals surface area contributed by atoms with Crippen molar-refractivity contribution in [2.24, 2.45) is 0 Å². The van der Waals surface area contributed by atoms with E-state index in [9.17, 15) is 13.2 Å². The highest BCUT2D eigenvalue weighted by molar-refractivity contribution is 7.91. The fraction of sp³-hybridized carbons (Fsp3) is 0.261. The number of benzene rings is 1. The monoisotopic (exact) mass is 434 g/mol. The van der Waals surface area contributed by atoms with Crippen molar-refractivity contribution in [3.05, 3.63) is 77.9 Å². The lowest BCUT2D eigenvalue weighted by molar-refractivity contribution is 0.0638. The number of rotatable bonds is 3. The van der Waals surface area contributed by atoms with Crippen LogP contribution in [-0.2, 0) is 9.84 Å². The molecular weight excluding hydrogens is 412 g/mol. The van der Waals surface area contributed by atoms with Crippen LogP contribution in [0.4, 0.5) is 0 Å². The summed E-state index contributed by atoms with van der Waals surface area (Å²) in [6.45, 7) is 1.81. The smallest absolute Gasteiger partial charge is 0.254 e. The molecule has 1 aromatic carbocycles. The first kappa shape index (κ1) is 20.8. The van der Waals surface area contributed by atoms with E-state index < -0.39 is 15.4 Å². The maximum absolute atomic E-state index is 13.2. The van der Waals surface area contributed by atoms with E-state index in [2.05, 4.69) is 21.9 Å². The van der Waals surface area contributed by atoms with E-state index in [1.54, 1.807) is 48.5 Å².